The summed E-state index contributed by atoms with van der Waals surface area (Å²) < 4.78 is 69.9. The van der Waals surface area contributed by atoms with Crippen molar-refractivity contribution in [2.24, 2.45) is 0 Å². The van der Waals surface area contributed by atoms with E-state index in [4.69, 9.17) is 0 Å². The fourth-order valence-electron chi connectivity index (χ4n) is 2.21. The van der Waals surface area contributed by atoms with Crippen LogP contribution in [0.3, 0.4) is 0 Å². The van der Waals surface area contributed by atoms with Crippen LogP contribution in [0.15, 0.2) is 30.6 Å². The number of nitrogens with zero attached hydrogens (tertiary/aromatic N) is 2. The molecule has 0 radical (unpaired) electrons. The number of pyridine rings is 2. The number of carbonyl (C=O) groups excluding carboxylic acids is 2. The molecule has 0 bridgehead atoms. The van der Waals surface area contributed by atoms with E-state index >= 15 is 0 Å². The van der Waals surface area contributed by atoms with E-state index in [-0.39, 0.29) is 23.5 Å². The first-order chi connectivity index (χ1) is 13.8. The molecule has 30 heavy (non-hydrogen) atoms. The first-order valence-corrected chi connectivity index (χ1v) is 8.44. The fraction of sp³-hybridized carbons (Fsp3) is 0.333. The largest absolute Gasteiger partial charge is 0.471 e. The van der Waals surface area contributed by atoms with Gasteiger partial charge < -0.3 is 15.4 Å². The summed E-state index contributed by atoms with van der Waals surface area (Å²) in [5, 5.41) is 4.80. The molecule has 0 saturated heterocycles. The summed E-state index contributed by atoms with van der Waals surface area (Å²) in [6.45, 7) is 0.171. The highest BCUT2D eigenvalue weighted by Gasteiger charge is 2.36. The summed E-state index contributed by atoms with van der Waals surface area (Å²) >= 11 is 0. The molecule has 2 amide bonds. The molecule has 2 aromatic heterocycles. The van der Waals surface area contributed by atoms with Gasteiger partial charge in [0.2, 0.25) is 11.8 Å². The number of amides is 2. The number of anilines is 1. The zero-order valence-electron chi connectivity index (χ0n) is 15.8. The Balaban J connectivity index is 2.13. The number of carbonyl (C=O) groups is 2. The maximum Gasteiger partial charge on any atom is 0.421 e. The summed E-state index contributed by atoms with van der Waals surface area (Å²) in [6, 6.07) is 3.30. The van der Waals surface area contributed by atoms with E-state index in [9.17, 15) is 31.5 Å². The lowest BCUT2D eigenvalue weighted by atomic mass is 10.1. The molecule has 162 valence electrons. The van der Waals surface area contributed by atoms with Gasteiger partial charge in [-0.05, 0) is 23.8 Å². The molecule has 0 atom stereocenters. The number of hydrogen-bond donors (Lipinski definition) is 2. The Bertz CT molecular complexity index is 929. The third-order valence-corrected chi connectivity index (χ3v) is 3.45. The number of hydrogen-bond acceptors (Lipinski definition) is 5. The number of ether oxygens (including phenoxy) is 1. The van der Waals surface area contributed by atoms with Gasteiger partial charge in [-0.3, -0.25) is 9.59 Å². The van der Waals surface area contributed by atoms with Crippen LogP contribution in [0.2, 0.25) is 0 Å². The van der Waals surface area contributed by atoms with Crippen LogP contribution in [-0.4, -0.2) is 34.3 Å². The number of rotatable bonds is 7. The van der Waals surface area contributed by atoms with E-state index in [0.29, 0.717) is 13.0 Å². The van der Waals surface area contributed by atoms with Crippen molar-refractivity contribution in [1.29, 1.82) is 0 Å². The van der Waals surface area contributed by atoms with Crippen LogP contribution in [0.25, 0.3) is 0 Å². The van der Waals surface area contributed by atoms with Crippen molar-refractivity contribution in [3.05, 3.63) is 47.3 Å². The Morgan fingerprint density at radius 3 is 2.43 bits per heavy atom. The van der Waals surface area contributed by atoms with Gasteiger partial charge in [0.25, 0.3) is 11.8 Å². The highest BCUT2D eigenvalue weighted by molar-refractivity contribution is 5.96. The minimum Gasteiger partial charge on any atom is -0.471 e. The molecular weight excluding hydrogens is 415 g/mol. The van der Waals surface area contributed by atoms with Crippen LogP contribution >= 0.6 is 0 Å². The van der Waals surface area contributed by atoms with Gasteiger partial charge in [0, 0.05) is 38.3 Å². The zero-order valence-corrected chi connectivity index (χ0v) is 15.8. The van der Waals surface area contributed by atoms with E-state index in [1.165, 1.54) is 25.3 Å². The molecule has 7 nitrogen and oxygen atoms in total. The zero-order chi connectivity index (χ0) is 22.5. The van der Waals surface area contributed by atoms with Crippen LogP contribution < -0.4 is 15.4 Å². The summed E-state index contributed by atoms with van der Waals surface area (Å²) in [4.78, 5) is 30.6. The minimum absolute atomic E-state index is 0.0255. The maximum atomic E-state index is 13.2. The van der Waals surface area contributed by atoms with E-state index in [0.717, 1.165) is 6.20 Å². The average Bonchev–Trinajstić information content (AvgIpc) is 2.63. The third kappa shape index (κ3) is 6.94. The molecule has 0 fully saturated rings. The molecule has 0 aliphatic carbocycles. The molecule has 2 heterocycles. The predicted molar refractivity (Wildman–Crippen MR) is 95.1 cm³/mol. The topological polar surface area (TPSA) is 93.2 Å². The Kier molecular flexibility index (Phi) is 6.90. The molecule has 0 unspecified atom stereocenters. The average molecular weight is 432 g/mol. The molecule has 0 aromatic carbocycles. The summed E-state index contributed by atoms with van der Waals surface area (Å²) in [5.74, 6) is -5.21. The second-order valence-electron chi connectivity index (χ2n) is 6.35. The van der Waals surface area contributed by atoms with Crippen LogP contribution in [0.4, 0.5) is 27.8 Å². The highest BCUT2D eigenvalue weighted by Crippen LogP contribution is 2.36. The first kappa shape index (κ1) is 23.0. The SMILES string of the molecule is CC(=O)Nc1cc(C(=O)NCc2cnc(OCC(C)(F)F)c(C(F)(F)F)c2)ccn1. The van der Waals surface area contributed by atoms with Gasteiger partial charge in [-0.2, -0.15) is 13.2 Å². The van der Waals surface area contributed by atoms with Gasteiger partial charge in [-0.1, -0.05) is 0 Å². The molecule has 2 rings (SSSR count). The number of alkyl halides is 5. The normalized spacial score (nSPS) is 11.7. The van der Waals surface area contributed by atoms with Crippen LogP contribution in [0.5, 0.6) is 5.88 Å². The molecule has 2 aromatic rings. The Morgan fingerprint density at radius 2 is 1.83 bits per heavy atom. The van der Waals surface area contributed by atoms with E-state index in [1.54, 1.807) is 0 Å². The number of nitrogens with one attached hydrogen (secondary N) is 2. The second-order valence-corrected chi connectivity index (χ2v) is 6.35. The minimum atomic E-state index is -4.90. The molecule has 0 saturated carbocycles. The number of halogens is 5. The van der Waals surface area contributed by atoms with Gasteiger partial charge in [0.05, 0.1) is 0 Å². The predicted octanol–water partition coefficient (Wildman–Crippen LogP) is 3.42. The standard InChI is InChI=1S/C18H17F5N4O3/c1-10(28)27-14-6-12(3-4-24-14)15(29)25-7-11-5-13(18(21,22)23)16(26-8-11)30-9-17(2,19)20/h3-6,8H,7,9H2,1-2H3,(H,25,29)(H,24,27,28). The number of aromatic nitrogens is 2. The van der Waals surface area contributed by atoms with Crippen molar-refractivity contribution >= 4 is 17.6 Å². The molecule has 2 N–H and O–H groups in total. The molecule has 0 aliphatic rings. The van der Waals surface area contributed by atoms with E-state index < -0.39 is 42.0 Å². The summed E-state index contributed by atoms with van der Waals surface area (Å²) in [7, 11) is 0. The van der Waals surface area contributed by atoms with Crippen molar-refractivity contribution in [3.8, 4) is 5.88 Å². The van der Waals surface area contributed by atoms with Crippen LogP contribution in [0, 0.1) is 0 Å². The lowest BCUT2D eigenvalue weighted by Crippen LogP contribution is -2.24. The molecule has 12 heteroatoms. The molecule has 0 aliphatic heterocycles. The first-order valence-electron chi connectivity index (χ1n) is 8.44. The molecular formula is C18H17F5N4O3. The van der Waals surface area contributed by atoms with Crippen molar-refractivity contribution in [2.75, 3.05) is 11.9 Å². The fourth-order valence-corrected chi connectivity index (χ4v) is 2.21. The Labute approximate surface area is 167 Å². The lowest BCUT2D eigenvalue weighted by molar-refractivity contribution is -0.140. The lowest BCUT2D eigenvalue weighted by Gasteiger charge is -2.16. The van der Waals surface area contributed by atoms with Crippen LogP contribution in [-0.2, 0) is 17.5 Å². The Morgan fingerprint density at radius 1 is 1.13 bits per heavy atom. The van der Waals surface area contributed by atoms with Crippen LogP contribution in [0.1, 0.15) is 35.3 Å². The van der Waals surface area contributed by atoms with E-state index in [1.807, 2.05) is 0 Å². The van der Waals surface area contributed by atoms with Gasteiger partial charge in [0.15, 0.2) is 6.61 Å². The van der Waals surface area contributed by atoms with Crippen molar-refractivity contribution in [3.63, 3.8) is 0 Å². The van der Waals surface area contributed by atoms with Crippen molar-refractivity contribution < 1.29 is 36.3 Å². The van der Waals surface area contributed by atoms with Gasteiger partial charge in [0.1, 0.15) is 11.4 Å². The van der Waals surface area contributed by atoms with E-state index in [2.05, 4.69) is 25.3 Å². The van der Waals surface area contributed by atoms with Crippen molar-refractivity contribution in [1.82, 2.24) is 15.3 Å². The highest BCUT2D eigenvalue weighted by atomic mass is 19.4. The monoisotopic (exact) mass is 432 g/mol. The summed E-state index contributed by atoms with van der Waals surface area (Å²) in [5.41, 5.74) is -1.25. The van der Waals surface area contributed by atoms with Gasteiger partial charge in [-0.15, -0.1) is 0 Å². The maximum absolute atomic E-state index is 13.2. The quantitative estimate of drug-likeness (QED) is 0.654. The van der Waals surface area contributed by atoms with Gasteiger partial charge >= 0.3 is 6.18 Å². The Hall–Kier alpha value is -3.31. The third-order valence-electron chi connectivity index (χ3n) is 3.45. The van der Waals surface area contributed by atoms with Gasteiger partial charge in [-0.25, -0.2) is 18.7 Å². The smallest absolute Gasteiger partial charge is 0.421 e. The summed E-state index contributed by atoms with van der Waals surface area (Å²) in [6.07, 6.45) is -2.64. The van der Waals surface area contributed by atoms with Crippen molar-refractivity contribution in [2.45, 2.75) is 32.5 Å². The second kappa shape index (κ2) is 9.01. The molecule has 0 spiro atoms.